The Morgan fingerprint density at radius 1 is 1.40 bits per heavy atom. The Bertz CT molecular complexity index is 351. The highest BCUT2D eigenvalue weighted by molar-refractivity contribution is 6.35. The summed E-state index contributed by atoms with van der Waals surface area (Å²) in [6.07, 6.45) is 6.39. The van der Waals surface area contributed by atoms with Gasteiger partial charge in [-0.05, 0) is 24.1 Å². The molecule has 3 N–H and O–H groups in total. The fourth-order valence-corrected chi connectivity index (χ4v) is 1.86. The van der Waals surface area contributed by atoms with Crippen molar-refractivity contribution in [1.82, 2.24) is 5.43 Å². The van der Waals surface area contributed by atoms with E-state index in [-0.39, 0.29) is 6.04 Å². The second-order valence-electron chi connectivity index (χ2n) is 3.18. The number of hydrazine groups is 1. The molecule has 0 saturated heterocycles. The molecule has 0 fully saturated rings. The van der Waals surface area contributed by atoms with Gasteiger partial charge in [0, 0.05) is 22.5 Å². The Kier molecular flexibility index (Phi) is 4.93. The van der Waals surface area contributed by atoms with E-state index in [1.807, 2.05) is 0 Å². The normalized spacial score (nSPS) is 12.1. The Morgan fingerprint density at radius 3 is 2.47 bits per heavy atom. The summed E-state index contributed by atoms with van der Waals surface area (Å²) < 4.78 is 0. The monoisotopic (exact) mass is 242 g/mol. The number of rotatable bonds is 4. The minimum Gasteiger partial charge on any atom is -0.271 e. The molecule has 0 saturated carbocycles. The number of benzene rings is 1. The molecule has 1 unspecified atom stereocenters. The number of hydrogen-bond donors (Lipinski definition) is 2. The maximum atomic E-state index is 6.03. The maximum Gasteiger partial charge on any atom is 0.0453 e. The van der Waals surface area contributed by atoms with E-state index < -0.39 is 0 Å². The molecule has 4 heteroatoms. The predicted octanol–water partition coefficient (Wildman–Crippen LogP) is 2.39. The van der Waals surface area contributed by atoms with Gasteiger partial charge in [0.25, 0.3) is 0 Å². The van der Waals surface area contributed by atoms with Crippen LogP contribution in [0.15, 0.2) is 18.2 Å². The number of halogens is 2. The molecule has 2 nitrogen and oxygen atoms in total. The number of nitrogens with two attached hydrogens (primary N) is 1. The van der Waals surface area contributed by atoms with Crippen LogP contribution < -0.4 is 11.3 Å². The minimum absolute atomic E-state index is 0.00704. The Morgan fingerprint density at radius 2 is 2.00 bits per heavy atom. The van der Waals surface area contributed by atoms with Crippen LogP contribution in [0.5, 0.6) is 0 Å². The summed E-state index contributed by atoms with van der Waals surface area (Å²) in [4.78, 5) is 0. The summed E-state index contributed by atoms with van der Waals surface area (Å²) in [5.41, 5.74) is 3.52. The molecular formula is C11H12Cl2N2. The van der Waals surface area contributed by atoms with Gasteiger partial charge >= 0.3 is 0 Å². The van der Waals surface area contributed by atoms with Crippen LogP contribution in [0.4, 0.5) is 0 Å². The van der Waals surface area contributed by atoms with Crippen molar-refractivity contribution < 1.29 is 0 Å². The highest BCUT2D eigenvalue weighted by Gasteiger charge is 2.11. The maximum absolute atomic E-state index is 6.03. The molecule has 1 aromatic carbocycles. The minimum atomic E-state index is -0.00704. The number of terminal acetylenes is 1. The molecular weight excluding hydrogens is 231 g/mol. The molecule has 0 radical (unpaired) electrons. The first kappa shape index (κ1) is 12.4. The largest absolute Gasteiger partial charge is 0.271 e. The Labute approximate surface area is 99.7 Å². The van der Waals surface area contributed by atoms with E-state index in [0.717, 1.165) is 5.56 Å². The van der Waals surface area contributed by atoms with E-state index in [1.54, 1.807) is 18.2 Å². The van der Waals surface area contributed by atoms with Crippen LogP contribution in [0.25, 0.3) is 0 Å². The molecule has 0 aliphatic rings. The zero-order valence-electron chi connectivity index (χ0n) is 8.13. The molecule has 0 bridgehead atoms. The SMILES string of the molecule is C#CCC(Cc1c(Cl)cccc1Cl)NN. The van der Waals surface area contributed by atoms with Crippen LogP contribution in [-0.2, 0) is 6.42 Å². The van der Waals surface area contributed by atoms with Gasteiger partial charge in [-0.2, -0.15) is 0 Å². The molecule has 1 atom stereocenters. The fraction of sp³-hybridized carbons (Fsp3) is 0.273. The molecule has 0 heterocycles. The summed E-state index contributed by atoms with van der Waals surface area (Å²) in [6, 6.07) is 5.39. The molecule has 0 amide bonds. The van der Waals surface area contributed by atoms with Crippen LogP contribution in [0.2, 0.25) is 10.0 Å². The van der Waals surface area contributed by atoms with Gasteiger partial charge < -0.3 is 0 Å². The summed E-state index contributed by atoms with van der Waals surface area (Å²) in [7, 11) is 0. The summed E-state index contributed by atoms with van der Waals surface area (Å²) in [5, 5.41) is 1.28. The average molecular weight is 243 g/mol. The number of nitrogens with one attached hydrogen (secondary N) is 1. The van der Waals surface area contributed by atoms with Crippen LogP contribution >= 0.6 is 23.2 Å². The van der Waals surface area contributed by atoms with Gasteiger partial charge in [-0.15, -0.1) is 12.3 Å². The molecule has 0 aromatic heterocycles. The van der Waals surface area contributed by atoms with E-state index in [2.05, 4.69) is 11.3 Å². The predicted molar refractivity (Wildman–Crippen MR) is 64.7 cm³/mol. The third kappa shape index (κ3) is 3.40. The molecule has 15 heavy (non-hydrogen) atoms. The van der Waals surface area contributed by atoms with E-state index in [9.17, 15) is 0 Å². The van der Waals surface area contributed by atoms with Crippen molar-refractivity contribution in [2.24, 2.45) is 5.84 Å². The van der Waals surface area contributed by atoms with Crippen molar-refractivity contribution in [3.8, 4) is 12.3 Å². The van der Waals surface area contributed by atoms with Crippen molar-refractivity contribution in [3.05, 3.63) is 33.8 Å². The van der Waals surface area contributed by atoms with Crippen molar-refractivity contribution in [3.63, 3.8) is 0 Å². The van der Waals surface area contributed by atoms with Crippen LogP contribution in [0, 0.1) is 12.3 Å². The third-order valence-electron chi connectivity index (χ3n) is 2.11. The highest BCUT2D eigenvalue weighted by Crippen LogP contribution is 2.25. The molecule has 1 rings (SSSR count). The topological polar surface area (TPSA) is 38.0 Å². The first-order valence-electron chi connectivity index (χ1n) is 4.51. The molecule has 0 spiro atoms. The third-order valence-corrected chi connectivity index (χ3v) is 2.82. The fourth-order valence-electron chi connectivity index (χ4n) is 1.31. The molecule has 0 aliphatic carbocycles. The molecule has 0 aliphatic heterocycles. The summed E-state index contributed by atoms with van der Waals surface area (Å²) in [5.74, 6) is 7.92. The van der Waals surface area contributed by atoms with Gasteiger partial charge in [-0.3, -0.25) is 11.3 Å². The van der Waals surface area contributed by atoms with Crippen molar-refractivity contribution >= 4 is 23.2 Å². The lowest BCUT2D eigenvalue weighted by Gasteiger charge is -2.14. The Balaban J connectivity index is 2.83. The van der Waals surface area contributed by atoms with E-state index >= 15 is 0 Å². The number of hydrogen-bond acceptors (Lipinski definition) is 2. The second kappa shape index (κ2) is 5.99. The smallest absolute Gasteiger partial charge is 0.0453 e. The van der Waals surface area contributed by atoms with E-state index in [4.69, 9.17) is 35.5 Å². The molecule has 80 valence electrons. The van der Waals surface area contributed by atoms with Crippen molar-refractivity contribution in [2.75, 3.05) is 0 Å². The summed E-state index contributed by atoms with van der Waals surface area (Å²) >= 11 is 12.1. The quantitative estimate of drug-likeness (QED) is 0.484. The van der Waals surface area contributed by atoms with Gasteiger partial charge in [0.1, 0.15) is 0 Å². The average Bonchev–Trinajstić information content (AvgIpc) is 2.22. The molecule has 1 aromatic rings. The standard InChI is InChI=1S/C11H12Cl2N2/c1-2-4-8(15-14)7-9-10(12)5-3-6-11(9)13/h1,3,5-6,8,15H,4,7,14H2. The lowest BCUT2D eigenvalue weighted by atomic mass is 10.0. The highest BCUT2D eigenvalue weighted by atomic mass is 35.5. The first-order chi connectivity index (χ1) is 7.19. The van der Waals surface area contributed by atoms with Gasteiger partial charge in [0.05, 0.1) is 0 Å². The Hall–Kier alpha value is -0.720. The zero-order chi connectivity index (χ0) is 11.3. The van der Waals surface area contributed by atoms with Gasteiger partial charge in [0.2, 0.25) is 0 Å². The van der Waals surface area contributed by atoms with Gasteiger partial charge in [-0.25, -0.2) is 0 Å². The van der Waals surface area contributed by atoms with Crippen LogP contribution in [-0.4, -0.2) is 6.04 Å². The lowest BCUT2D eigenvalue weighted by molar-refractivity contribution is 0.537. The zero-order valence-corrected chi connectivity index (χ0v) is 9.65. The van der Waals surface area contributed by atoms with Gasteiger partial charge in [0.15, 0.2) is 0 Å². The van der Waals surface area contributed by atoms with Crippen LogP contribution in [0.1, 0.15) is 12.0 Å². The lowest BCUT2D eigenvalue weighted by Crippen LogP contribution is -2.36. The van der Waals surface area contributed by atoms with E-state index in [0.29, 0.717) is 22.9 Å². The van der Waals surface area contributed by atoms with Crippen molar-refractivity contribution in [2.45, 2.75) is 18.9 Å². The second-order valence-corrected chi connectivity index (χ2v) is 3.99. The first-order valence-corrected chi connectivity index (χ1v) is 5.27. The van der Waals surface area contributed by atoms with Crippen LogP contribution in [0.3, 0.4) is 0 Å². The van der Waals surface area contributed by atoms with Crippen molar-refractivity contribution in [1.29, 1.82) is 0 Å². The van der Waals surface area contributed by atoms with Gasteiger partial charge in [-0.1, -0.05) is 29.3 Å². The van der Waals surface area contributed by atoms with E-state index in [1.165, 1.54) is 0 Å². The summed E-state index contributed by atoms with van der Waals surface area (Å²) in [6.45, 7) is 0.